The Balaban J connectivity index is 2.41. The first-order valence-electron chi connectivity index (χ1n) is 4.58. The van der Waals surface area contributed by atoms with E-state index in [1.54, 1.807) is 7.11 Å². The Hall–Kier alpha value is -1.55. The maximum Gasteiger partial charge on any atom is 0.180 e. The SMILES string of the molecule is COc1ccc(-c2nc(N)sc2C)cc1. The predicted molar refractivity (Wildman–Crippen MR) is 63.3 cm³/mol. The number of nitrogens with two attached hydrogens (primary N) is 1. The third-order valence-electron chi connectivity index (χ3n) is 2.18. The Morgan fingerprint density at radius 2 is 1.93 bits per heavy atom. The zero-order valence-electron chi connectivity index (χ0n) is 8.65. The topological polar surface area (TPSA) is 48.1 Å². The number of thiazole rings is 1. The standard InChI is InChI=1S/C11H12N2OS/c1-7-10(13-11(12)15-7)8-3-5-9(14-2)6-4-8/h3-6H,1-2H3,(H2,12,13). The molecule has 1 aromatic heterocycles. The lowest BCUT2D eigenvalue weighted by Crippen LogP contribution is -1.85. The van der Waals surface area contributed by atoms with Gasteiger partial charge in [-0.2, -0.15) is 0 Å². The molecular weight excluding hydrogens is 208 g/mol. The molecule has 4 heteroatoms. The van der Waals surface area contributed by atoms with Crippen LogP contribution in [0.15, 0.2) is 24.3 Å². The fraction of sp³-hybridized carbons (Fsp3) is 0.182. The molecule has 0 spiro atoms. The molecule has 2 aromatic rings. The molecule has 15 heavy (non-hydrogen) atoms. The van der Waals surface area contributed by atoms with Gasteiger partial charge in [0.05, 0.1) is 12.8 Å². The molecule has 1 aromatic carbocycles. The molecular formula is C11H12N2OS. The monoisotopic (exact) mass is 220 g/mol. The molecule has 78 valence electrons. The van der Waals surface area contributed by atoms with Gasteiger partial charge in [0.2, 0.25) is 0 Å². The van der Waals surface area contributed by atoms with E-state index in [4.69, 9.17) is 10.5 Å². The van der Waals surface area contributed by atoms with Crippen LogP contribution in [0.1, 0.15) is 4.88 Å². The van der Waals surface area contributed by atoms with Gasteiger partial charge < -0.3 is 10.5 Å². The Kier molecular flexibility index (Phi) is 2.60. The molecule has 0 radical (unpaired) electrons. The second-order valence-corrected chi connectivity index (χ2v) is 4.42. The fourth-order valence-electron chi connectivity index (χ4n) is 1.43. The van der Waals surface area contributed by atoms with Gasteiger partial charge in [-0.3, -0.25) is 0 Å². The van der Waals surface area contributed by atoms with Gasteiger partial charge in [0.1, 0.15) is 5.75 Å². The van der Waals surface area contributed by atoms with Crippen molar-refractivity contribution in [3.05, 3.63) is 29.1 Å². The Morgan fingerprint density at radius 3 is 2.40 bits per heavy atom. The van der Waals surface area contributed by atoms with E-state index in [-0.39, 0.29) is 0 Å². The number of benzene rings is 1. The lowest BCUT2D eigenvalue weighted by atomic mass is 10.1. The number of ether oxygens (including phenoxy) is 1. The van der Waals surface area contributed by atoms with Crippen molar-refractivity contribution < 1.29 is 4.74 Å². The highest BCUT2D eigenvalue weighted by Crippen LogP contribution is 2.29. The fourth-order valence-corrected chi connectivity index (χ4v) is 2.14. The van der Waals surface area contributed by atoms with Crippen molar-refractivity contribution in [3.8, 4) is 17.0 Å². The molecule has 2 rings (SSSR count). The lowest BCUT2D eigenvalue weighted by Gasteiger charge is -2.01. The summed E-state index contributed by atoms with van der Waals surface area (Å²) >= 11 is 1.51. The van der Waals surface area contributed by atoms with E-state index in [9.17, 15) is 0 Å². The van der Waals surface area contributed by atoms with E-state index in [2.05, 4.69) is 4.98 Å². The minimum absolute atomic E-state index is 0.610. The molecule has 0 aliphatic heterocycles. The van der Waals surface area contributed by atoms with Crippen LogP contribution in [0.4, 0.5) is 5.13 Å². The van der Waals surface area contributed by atoms with Gasteiger partial charge in [-0.05, 0) is 31.2 Å². The zero-order chi connectivity index (χ0) is 10.8. The van der Waals surface area contributed by atoms with Crippen molar-refractivity contribution in [2.24, 2.45) is 0 Å². The second kappa shape index (κ2) is 3.90. The van der Waals surface area contributed by atoms with E-state index < -0.39 is 0 Å². The lowest BCUT2D eigenvalue weighted by molar-refractivity contribution is 0.415. The molecule has 0 saturated heterocycles. The van der Waals surface area contributed by atoms with Crippen molar-refractivity contribution in [3.63, 3.8) is 0 Å². The van der Waals surface area contributed by atoms with Crippen molar-refractivity contribution in [1.29, 1.82) is 0 Å². The number of aryl methyl sites for hydroxylation is 1. The van der Waals surface area contributed by atoms with Gasteiger partial charge >= 0.3 is 0 Å². The zero-order valence-corrected chi connectivity index (χ0v) is 9.47. The number of hydrogen-bond acceptors (Lipinski definition) is 4. The van der Waals surface area contributed by atoms with E-state index in [0.717, 1.165) is 21.9 Å². The van der Waals surface area contributed by atoms with Gasteiger partial charge in [0.15, 0.2) is 5.13 Å². The van der Waals surface area contributed by atoms with Gasteiger partial charge in [-0.1, -0.05) is 0 Å². The maximum atomic E-state index is 5.66. The van der Waals surface area contributed by atoms with Crippen LogP contribution >= 0.6 is 11.3 Å². The van der Waals surface area contributed by atoms with E-state index in [1.165, 1.54) is 11.3 Å². The summed E-state index contributed by atoms with van der Waals surface area (Å²) in [6.45, 7) is 2.02. The molecule has 3 nitrogen and oxygen atoms in total. The summed E-state index contributed by atoms with van der Waals surface area (Å²) in [4.78, 5) is 5.43. The number of nitrogen functional groups attached to an aromatic ring is 1. The average molecular weight is 220 g/mol. The smallest absolute Gasteiger partial charge is 0.180 e. The normalized spacial score (nSPS) is 10.3. The van der Waals surface area contributed by atoms with Crippen LogP contribution in [0.25, 0.3) is 11.3 Å². The van der Waals surface area contributed by atoms with Crippen LogP contribution in [-0.2, 0) is 0 Å². The van der Waals surface area contributed by atoms with E-state index in [0.29, 0.717) is 5.13 Å². The molecule has 0 unspecified atom stereocenters. The quantitative estimate of drug-likeness (QED) is 0.846. The first-order chi connectivity index (χ1) is 7.20. The molecule has 0 atom stereocenters. The number of methoxy groups -OCH3 is 1. The molecule has 0 aliphatic carbocycles. The number of aromatic nitrogens is 1. The molecule has 0 fully saturated rings. The summed E-state index contributed by atoms with van der Waals surface area (Å²) in [6, 6.07) is 7.81. The highest BCUT2D eigenvalue weighted by molar-refractivity contribution is 7.15. The molecule has 0 bridgehead atoms. The van der Waals surface area contributed by atoms with Crippen molar-refractivity contribution in [1.82, 2.24) is 4.98 Å². The van der Waals surface area contributed by atoms with E-state index in [1.807, 2.05) is 31.2 Å². The summed E-state index contributed by atoms with van der Waals surface area (Å²) in [5, 5.41) is 0.610. The first-order valence-corrected chi connectivity index (χ1v) is 5.39. The van der Waals surface area contributed by atoms with Crippen molar-refractivity contribution in [2.75, 3.05) is 12.8 Å². The summed E-state index contributed by atoms with van der Waals surface area (Å²) in [6.07, 6.45) is 0. The van der Waals surface area contributed by atoms with Crippen LogP contribution in [0, 0.1) is 6.92 Å². The predicted octanol–water partition coefficient (Wildman–Crippen LogP) is 2.71. The van der Waals surface area contributed by atoms with Crippen LogP contribution in [-0.4, -0.2) is 12.1 Å². The van der Waals surface area contributed by atoms with Crippen LogP contribution in [0.2, 0.25) is 0 Å². The summed E-state index contributed by atoms with van der Waals surface area (Å²) in [5.74, 6) is 0.847. The number of rotatable bonds is 2. The van der Waals surface area contributed by atoms with Crippen LogP contribution < -0.4 is 10.5 Å². The summed E-state index contributed by atoms with van der Waals surface area (Å²) in [7, 11) is 1.65. The van der Waals surface area contributed by atoms with Gasteiger partial charge in [0.25, 0.3) is 0 Å². The molecule has 2 N–H and O–H groups in total. The highest BCUT2D eigenvalue weighted by atomic mass is 32.1. The minimum atomic E-state index is 0.610. The first kappa shape index (κ1) is 9.98. The Morgan fingerprint density at radius 1 is 1.27 bits per heavy atom. The van der Waals surface area contributed by atoms with Crippen LogP contribution in [0.5, 0.6) is 5.75 Å². The number of nitrogens with zero attached hydrogens (tertiary/aromatic N) is 1. The second-order valence-electron chi connectivity index (χ2n) is 3.19. The minimum Gasteiger partial charge on any atom is -0.497 e. The summed E-state index contributed by atoms with van der Waals surface area (Å²) < 4.78 is 5.10. The van der Waals surface area contributed by atoms with Crippen LogP contribution in [0.3, 0.4) is 0 Å². The molecule has 1 heterocycles. The largest absolute Gasteiger partial charge is 0.497 e. The number of anilines is 1. The van der Waals surface area contributed by atoms with Gasteiger partial charge in [0, 0.05) is 10.4 Å². The third kappa shape index (κ3) is 1.94. The summed E-state index contributed by atoms with van der Waals surface area (Å²) in [5.41, 5.74) is 7.68. The van der Waals surface area contributed by atoms with E-state index >= 15 is 0 Å². The molecule has 0 saturated carbocycles. The highest BCUT2D eigenvalue weighted by Gasteiger charge is 2.07. The van der Waals surface area contributed by atoms with Crippen molar-refractivity contribution >= 4 is 16.5 Å². The van der Waals surface area contributed by atoms with Gasteiger partial charge in [-0.15, -0.1) is 11.3 Å². The molecule has 0 aliphatic rings. The Labute approximate surface area is 92.5 Å². The van der Waals surface area contributed by atoms with Gasteiger partial charge in [-0.25, -0.2) is 4.98 Å². The maximum absolute atomic E-state index is 5.66. The number of hydrogen-bond donors (Lipinski definition) is 1. The van der Waals surface area contributed by atoms with Crippen molar-refractivity contribution in [2.45, 2.75) is 6.92 Å². The third-order valence-corrected chi connectivity index (χ3v) is 2.98. The molecule has 0 amide bonds. The Bertz CT molecular complexity index is 462. The average Bonchev–Trinajstić information content (AvgIpc) is 2.58.